The molecule has 0 heterocycles. The van der Waals surface area contributed by atoms with Crippen molar-refractivity contribution in [2.45, 2.75) is 47.6 Å². The van der Waals surface area contributed by atoms with Gasteiger partial charge in [0, 0.05) is 6.54 Å². The van der Waals surface area contributed by atoms with Crippen LogP contribution in [0.15, 0.2) is 12.1 Å². The molecule has 3 heteroatoms. The summed E-state index contributed by atoms with van der Waals surface area (Å²) in [6.07, 6.45) is 0.738. The number of nitrogens with zero attached hydrogens (tertiary/aromatic N) is 1. The molecule has 1 N–H and O–H groups in total. The van der Waals surface area contributed by atoms with E-state index >= 15 is 0 Å². The third-order valence-electron chi connectivity index (χ3n) is 3.38. The van der Waals surface area contributed by atoms with Gasteiger partial charge in [0.05, 0.1) is 18.1 Å². The van der Waals surface area contributed by atoms with E-state index < -0.39 is 0 Å². The highest BCUT2D eigenvalue weighted by Crippen LogP contribution is 2.26. The van der Waals surface area contributed by atoms with Crippen molar-refractivity contribution in [1.82, 2.24) is 5.32 Å². The normalized spacial score (nSPS) is 11.2. The second-order valence-corrected chi connectivity index (χ2v) is 5.93. The van der Waals surface area contributed by atoms with Gasteiger partial charge in [-0.25, -0.2) is 0 Å². The summed E-state index contributed by atoms with van der Waals surface area (Å²) in [4.78, 5) is 0. The van der Waals surface area contributed by atoms with E-state index in [9.17, 15) is 0 Å². The fourth-order valence-corrected chi connectivity index (χ4v) is 2.10. The van der Waals surface area contributed by atoms with Crippen molar-refractivity contribution in [3.63, 3.8) is 0 Å². The Bertz CT molecular complexity index is 463. The van der Waals surface area contributed by atoms with Crippen LogP contribution in [0.1, 0.15) is 43.9 Å². The van der Waals surface area contributed by atoms with Crippen LogP contribution in [0.4, 0.5) is 0 Å². The highest BCUT2D eigenvalue weighted by molar-refractivity contribution is 5.43. The molecular formula is C17H26N2O. The molecule has 3 nitrogen and oxygen atoms in total. The minimum absolute atomic E-state index is 0.327. The number of ether oxygens (including phenoxy) is 1. The van der Waals surface area contributed by atoms with Gasteiger partial charge >= 0.3 is 0 Å². The lowest BCUT2D eigenvalue weighted by atomic mass is 9.92. The van der Waals surface area contributed by atoms with Crippen molar-refractivity contribution in [3.05, 3.63) is 28.8 Å². The molecule has 0 saturated heterocycles. The van der Waals surface area contributed by atoms with Crippen molar-refractivity contribution in [1.29, 1.82) is 5.26 Å². The summed E-state index contributed by atoms with van der Waals surface area (Å²) in [5.74, 6) is 0.957. The number of hydrogen-bond donors (Lipinski definition) is 1. The van der Waals surface area contributed by atoms with Gasteiger partial charge in [0.1, 0.15) is 5.75 Å². The molecule has 20 heavy (non-hydrogen) atoms. The van der Waals surface area contributed by atoms with Crippen molar-refractivity contribution in [2.75, 3.05) is 13.2 Å². The summed E-state index contributed by atoms with van der Waals surface area (Å²) in [5.41, 5.74) is 3.28. The Morgan fingerprint density at radius 2 is 1.85 bits per heavy atom. The molecule has 0 aliphatic rings. The number of rotatable bonds is 7. The summed E-state index contributed by atoms with van der Waals surface area (Å²) in [5, 5.41) is 12.3. The van der Waals surface area contributed by atoms with Crippen LogP contribution in [0.2, 0.25) is 0 Å². The van der Waals surface area contributed by atoms with Crippen LogP contribution >= 0.6 is 0 Å². The molecule has 0 unspecified atom stereocenters. The van der Waals surface area contributed by atoms with Crippen LogP contribution in [-0.2, 0) is 6.54 Å². The SMILES string of the molecule is CCNCc1cc(C)c(OCCC(C)(C)C#N)c(C)c1. The zero-order valence-electron chi connectivity index (χ0n) is 13.3. The van der Waals surface area contributed by atoms with E-state index in [-0.39, 0.29) is 5.41 Å². The van der Waals surface area contributed by atoms with E-state index in [2.05, 4.69) is 44.3 Å². The van der Waals surface area contributed by atoms with E-state index in [1.165, 1.54) is 5.56 Å². The lowest BCUT2D eigenvalue weighted by molar-refractivity contribution is 0.261. The third-order valence-corrected chi connectivity index (χ3v) is 3.38. The zero-order valence-corrected chi connectivity index (χ0v) is 13.3. The molecule has 0 bridgehead atoms. The Labute approximate surface area is 123 Å². The first-order valence-electron chi connectivity index (χ1n) is 7.24. The van der Waals surface area contributed by atoms with E-state index in [1.807, 2.05) is 13.8 Å². The molecule has 0 aromatic heterocycles. The van der Waals surface area contributed by atoms with Gasteiger partial charge in [0.2, 0.25) is 0 Å². The number of hydrogen-bond acceptors (Lipinski definition) is 3. The second kappa shape index (κ2) is 7.31. The first-order chi connectivity index (χ1) is 9.39. The van der Waals surface area contributed by atoms with Crippen molar-refractivity contribution in [3.8, 4) is 11.8 Å². The quantitative estimate of drug-likeness (QED) is 0.824. The van der Waals surface area contributed by atoms with Crippen molar-refractivity contribution >= 4 is 0 Å². The molecule has 1 aromatic rings. The second-order valence-electron chi connectivity index (χ2n) is 5.93. The summed E-state index contributed by atoms with van der Waals surface area (Å²) >= 11 is 0. The lowest BCUT2D eigenvalue weighted by Gasteiger charge is -2.18. The molecule has 0 aliphatic heterocycles. The maximum Gasteiger partial charge on any atom is 0.125 e. The van der Waals surface area contributed by atoms with E-state index in [0.29, 0.717) is 6.61 Å². The molecule has 0 spiro atoms. The Morgan fingerprint density at radius 3 is 2.35 bits per heavy atom. The van der Waals surface area contributed by atoms with Gasteiger partial charge in [-0.05, 0) is 57.4 Å². The summed E-state index contributed by atoms with van der Waals surface area (Å²) < 4.78 is 5.89. The van der Waals surface area contributed by atoms with Crippen LogP contribution in [-0.4, -0.2) is 13.2 Å². The fourth-order valence-electron chi connectivity index (χ4n) is 2.10. The number of benzene rings is 1. The highest BCUT2D eigenvalue weighted by atomic mass is 16.5. The van der Waals surface area contributed by atoms with Crippen LogP contribution < -0.4 is 10.1 Å². The molecule has 0 atom stereocenters. The van der Waals surface area contributed by atoms with Gasteiger partial charge in [-0.2, -0.15) is 5.26 Å². The lowest BCUT2D eigenvalue weighted by Crippen LogP contribution is -2.14. The predicted octanol–water partition coefficient (Wildman–Crippen LogP) is 3.73. The maximum atomic E-state index is 9.01. The number of nitriles is 1. The molecular weight excluding hydrogens is 248 g/mol. The Kier molecular flexibility index (Phi) is 6.04. The topological polar surface area (TPSA) is 45.0 Å². The van der Waals surface area contributed by atoms with Gasteiger partial charge in [-0.15, -0.1) is 0 Å². The van der Waals surface area contributed by atoms with E-state index in [1.54, 1.807) is 0 Å². The van der Waals surface area contributed by atoms with Crippen LogP contribution in [0.5, 0.6) is 5.75 Å². The zero-order chi connectivity index (χ0) is 15.2. The smallest absolute Gasteiger partial charge is 0.125 e. The van der Waals surface area contributed by atoms with Crippen LogP contribution in [0, 0.1) is 30.6 Å². The Balaban J connectivity index is 2.70. The monoisotopic (exact) mass is 274 g/mol. The molecule has 0 saturated carbocycles. The van der Waals surface area contributed by atoms with Gasteiger partial charge in [0.25, 0.3) is 0 Å². The first-order valence-corrected chi connectivity index (χ1v) is 7.24. The molecule has 0 amide bonds. The molecule has 0 aliphatic carbocycles. The van der Waals surface area contributed by atoms with Gasteiger partial charge in [0.15, 0.2) is 0 Å². The summed E-state index contributed by atoms with van der Waals surface area (Å²) in [6, 6.07) is 6.64. The summed E-state index contributed by atoms with van der Waals surface area (Å²) in [6.45, 7) is 12.6. The predicted molar refractivity (Wildman–Crippen MR) is 82.8 cm³/mol. The van der Waals surface area contributed by atoms with Gasteiger partial charge in [-0.1, -0.05) is 19.1 Å². The van der Waals surface area contributed by atoms with Gasteiger partial charge in [-0.3, -0.25) is 0 Å². The molecule has 1 rings (SSSR count). The Morgan fingerprint density at radius 1 is 1.25 bits per heavy atom. The third kappa shape index (κ3) is 4.86. The Hall–Kier alpha value is -1.53. The van der Waals surface area contributed by atoms with E-state index in [0.717, 1.165) is 36.4 Å². The van der Waals surface area contributed by atoms with E-state index in [4.69, 9.17) is 10.00 Å². The van der Waals surface area contributed by atoms with Crippen molar-refractivity contribution in [2.24, 2.45) is 5.41 Å². The highest BCUT2D eigenvalue weighted by Gasteiger charge is 2.17. The molecule has 0 fully saturated rings. The first kappa shape index (κ1) is 16.5. The van der Waals surface area contributed by atoms with Crippen molar-refractivity contribution < 1.29 is 4.74 Å². The largest absolute Gasteiger partial charge is 0.493 e. The number of aryl methyl sites for hydroxylation is 2. The average molecular weight is 274 g/mol. The molecule has 0 radical (unpaired) electrons. The minimum atomic E-state index is -0.327. The summed E-state index contributed by atoms with van der Waals surface area (Å²) in [7, 11) is 0. The fraction of sp³-hybridized carbons (Fsp3) is 0.588. The average Bonchev–Trinajstić information content (AvgIpc) is 2.39. The minimum Gasteiger partial charge on any atom is -0.493 e. The van der Waals surface area contributed by atoms with Crippen LogP contribution in [0.3, 0.4) is 0 Å². The van der Waals surface area contributed by atoms with Crippen LogP contribution in [0.25, 0.3) is 0 Å². The number of nitrogens with one attached hydrogen (secondary N) is 1. The molecule has 110 valence electrons. The van der Waals surface area contributed by atoms with Gasteiger partial charge < -0.3 is 10.1 Å². The maximum absolute atomic E-state index is 9.01. The molecule has 1 aromatic carbocycles. The standard InChI is InChI=1S/C17H26N2O/c1-6-19-11-15-9-13(2)16(14(3)10-15)20-8-7-17(4,5)12-18/h9-10,19H,6-8,11H2,1-5H3.